The maximum Gasteiger partial charge on any atom is 0.160 e. The van der Waals surface area contributed by atoms with Crippen LogP contribution in [0.25, 0.3) is 0 Å². The minimum Gasteiger partial charge on any atom is -0.302 e. The van der Waals surface area contributed by atoms with Crippen molar-refractivity contribution in [3.05, 3.63) is 19.8 Å². The van der Waals surface area contributed by atoms with Crippen molar-refractivity contribution in [3.63, 3.8) is 0 Å². The van der Waals surface area contributed by atoms with E-state index in [1.807, 2.05) is 0 Å². The highest BCUT2D eigenvalue weighted by molar-refractivity contribution is 9.11. The van der Waals surface area contributed by atoms with Crippen molar-refractivity contribution in [1.82, 2.24) is 4.90 Å². The molecule has 0 spiro atoms. The second-order valence-electron chi connectivity index (χ2n) is 3.30. The van der Waals surface area contributed by atoms with E-state index in [9.17, 15) is 4.79 Å². The molecule has 0 aliphatic carbocycles. The van der Waals surface area contributed by atoms with Crippen molar-refractivity contribution in [2.24, 2.45) is 0 Å². The Labute approximate surface area is 89.7 Å². The summed E-state index contributed by atoms with van der Waals surface area (Å²) in [5.41, 5.74) is 2.56. The molecule has 2 nitrogen and oxygen atoms in total. The predicted molar refractivity (Wildman–Crippen MR) is 57.4 cm³/mol. The number of aldehydes is 1. The number of fused-ring (bicyclic) bond motifs is 1. The third-order valence-electron chi connectivity index (χ3n) is 2.38. The van der Waals surface area contributed by atoms with Crippen molar-refractivity contribution < 1.29 is 4.79 Å². The summed E-state index contributed by atoms with van der Waals surface area (Å²) in [5.74, 6) is 0. The molecule has 1 aromatic heterocycles. The van der Waals surface area contributed by atoms with E-state index in [1.165, 1.54) is 11.1 Å². The zero-order chi connectivity index (χ0) is 9.42. The lowest BCUT2D eigenvalue weighted by atomic mass is 10.0. The van der Waals surface area contributed by atoms with Gasteiger partial charge in [-0.3, -0.25) is 4.79 Å². The van der Waals surface area contributed by atoms with Crippen molar-refractivity contribution in [2.45, 2.75) is 13.0 Å². The van der Waals surface area contributed by atoms with Crippen LogP contribution in [0.3, 0.4) is 0 Å². The Hall–Kier alpha value is -0.190. The quantitative estimate of drug-likeness (QED) is 0.722. The largest absolute Gasteiger partial charge is 0.302 e. The highest BCUT2D eigenvalue weighted by atomic mass is 79.9. The number of hydrogen-bond donors (Lipinski definition) is 0. The molecule has 2 heterocycles. The Bertz CT molecular complexity index is 348. The molecule has 1 aliphatic heterocycles. The zero-order valence-corrected chi connectivity index (χ0v) is 9.74. The summed E-state index contributed by atoms with van der Waals surface area (Å²) in [6.45, 7) is 1.99. The van der Waals surface area contributed by atoms with Crippen LogP contribution in [0.5, 0.6) is 0 Å². The smallest absolute Gasteiger partial charge is 0.160 e. The molecule has 0 amide bonds. The molecular weight excluding hydrogens is 250 g/mol. The molecule has 0 N–H and O–H groups in total. The lowest BCUT2D eigenvalue weighted by Gasteiger charge is -2.22. The van der Waals surface area contributed by atoms with E-state index < -0.39 is 0 Å². The van der Waals surface area contributed by atoms with Gasteiger partial charge in [0.2, 0.25) is 0 Å². The van der Waals surface area contributed by atoms with Crippen LogP contribution in [-0.2, 0) is 13.0 Å². The summed E-state index contributed by atoms with van der Waals surface area (Å²) in [5, 5.41) is 0. The molecule has 0 unspecified atom stereocenters. The molecule has 0 bridgehead atoms. The van der Waals surface area contributed by atoms with E-state index in [4.69, 9.17) is 0 Å². The molecule has 13 heavy (non-hydrogen) atoms. The van der Waals surface area contributed by atoms with E-state index in [2.05, 4.69) is 27.9 Å². The predicted octanol–water partition coefficient (Wildman–Crippen LogP) is 2.31. The second kappa shape index (κ2) is 3.52. The molecule has 1 aliphatic rings. The maximum absolute atomic E-state index is 10.8. The van der Waals surface area contributed by atoms with Gasteiger partial charge in [-0.2, -0.15) is 0 Å². The first-order valence-electron chi connectivity index (χ1n) is 4.16. The molecule has 0 atom stereocenters. The fourth-order valence-electron chi connectivity index (χ4n) is 1.66. The van der Waals surface area contributed by atoms with Gasteiger partial charge in [0, 0.05) is 13.1 Å². The van der Waals surface area contributed by atoms with Gasteiger partial charge >= 0.3 is 0 Å². The highest BCUT2D eigenvalue weighted by Crippen LogP contribution is 2.35. The van der Waals surface area contributed by atoms with Crippen LogP contribution in [0.2, 0.25) is 0 Å². The van der Waals surface area contributed by atoms with Crippen molar-refractivity contribution in [2.75, 3.05) is 13.6 Å². The Morgan fingerprint density at radius 1 is 1.54 bits per heavy atom. The van der Waals surface area contributed by atoms with Gasteiger partial charge in [0.15, 0.2) is 6.29 Å². The first kappa shape index (κ1) is 9.37. The topological polar surface area (TPSA) is 20.3 Å². The monoisotopic (exact) mass is 259 g/mol. The van der Waals surface area contributed by atoms with Gasteiger partial charge in [-0.25, -0.2) is 0 Å². The van der Waals surface area contributed by atoms with E-state index >= 15 is 0 Å². The van der Waals surface area contributed by atoms with E-state index in [0.717, 1.165) is 34.5 Å². The molecule has 70 valence electrons. The van der Waals surface area contributed by atoms with Gasteiger partial charge in [0.25, 0.3) is 0 Å². The summed E-state index contributed by atoms with van der Waals surface area (Å²) < 4.78 is 1.14. The summed E-state index contributed by atoms with van der Waals surface area (Å²) in [6.07, 6.45) is 2.02. The van der Waals surface area contributed by atoms with Crippen molar-refractivity contribution in [3.8, 4) is 0 Å². The molecule has 0 saturated carbocycles. The number of likely N-dealkylation sites (N-methyl/N-ethyl adjacent to an activating group) is 1. The summed E-state index contributed by atoms with van der Waals surface area (Å²) in [4.78, 5) is 13.9. The van der Waals surface area contributed by atoms with Gasteiger partial charge in [-0.15, -0.1) is 11.3 Å². The summed E-state index contributed by atoms with van der Waals surface area (Å²) in [7, 11) is 2.09. The summed E-state index contributed by atoms with van der Waals surface area (Å²) >= 11 is 5.06. The first-order chi connectivity index (χ1) is 6.22. The summed E-state index contributed by atoms with van der Waals surface area (Å²) in [6, 6.07) is 0. The van der Waals surface area contributed by atoms with Gasteiger partial charge in [0.1, 0.15) is 0 Å². The van der Waals surface area contributed by atoms with Gasteiger partial charge in [-0.05, 0) is 40.5 Å². The van der Waals surface area contributed by atoms with Crippen LogP contribution in [0.1, 0.15) is 20.8 Å². The number of halogens is 1. The van der Waals surface area contributed by atoms with Gasteiger partial charge < -0.3 is 4.90 Å². The molecule has 4 heteroatoms. The third-order valence-corrected chi connectivity index (χ3v) is 4.33. The fraction of sp³-hybridized carbons (Fsp3) is 0.444. The average Bonchev–Trinajstić information content (AvgIpc) is 2.42. The van der Waals surface area contributed by atoms with E-state index in [-0.39, 0.29) is 0 Å². The standard InChI is InChI=1S/C9H10BrNOS/c1-11-3-2-6-7(4-11)8(5-12)13-9(6)10/h5H,2-4H2,1H3. The number of hydrogen-bond acceptors (Lipinski definition) is 3. The third kappa shape index (κ3) is 1.58. The number of carbonyl (C=O) groups excluding carboxylic acids is 1. The van der Waals surface area contributed by atoms with Crippen LogP contribution >= 0.6 is 27.3 Å². The van der Waals surface area contributed by atoms with Crippen molar-refractivity contribution >= 4 is 33.6 Å². The second-order valence-corrected chi connectivity index (χ2v) is 5.67. The van der Waals surface area contributed by atoms with Crippen LogP contribution in [-0.4, -0.2) is 24.8 Å². The number of rotatable bonds is 1. The Kier molecular flexibility index (Phi) is 2.53. The molecular formula is C9H10BrNOS. The minimum absolute atomic E-state index is 0.883. The van der Waals surface area contributed by atoms with E-state index in [0.29, 0.717) is 0 Å². The van der Waals surface area contributed by atoms with Crippen molar-refractivity contribution in [1.29, 1.82) is 0 Å². The zero-order valence-electron chi connectivity index (χ0n) is 7.34. The number of nitrogens with zero attached hydrogens (tertiary/aromatic N) is 1. The van der Waals surface area contributed by atoms with Crippen LogP contribution in [0, 0.1) is 0 Å². The Morgan fingerprint density at radius 3 is 3.00 bits per heavy atom. The lowest BCUT2D eigenvalue weighted by Crippen LogP contribution is -2.26. The average molecular weight is 260 g/mol. The Morgan fingerprint density at radius 2 is 2.31 bits per heavy atom. The molecule has 2 rings (SSSR count). The van der Waals surface area contributed by atoms with Gasteiger partial charge in [0.05, 0.1) is 8.66 Å². The minimum atomic E-state index is 0.883. The highest BCUT2D eigenvalue weighted by Gasteiger charge is 2.21. The Balaban J connectivity index is 2.48. The normalized spacial score (nSPS) is 17.1. The van der Waals surface area contributed by atoms with Crippen LogP contribution < -0.4 is 0 Å². The molecule has 0 fully saturated rings. The number of carbonyl (C=O) groups is 1. The molecule has 0 aromatic carbocycles. The van der Waals surface area contributed by atoms with Crippen LogP contribution in [0.15, 0.2) is 3.79 Å². The van der Waals surface area contributed by atoms with E-state index in [1.54, 1.807) is 11.3 Å². The molecule has 0 radical (unpaired) electrons. The lowest BCUT2D eigenvalue weighted by molar-refractivity contribution is 0.112. The molecule has 1 aromatic rings. The van der Waals surface area contributed by atoms with Gasteiger partial charge in [-0.1, -0.05) is 0 Å². The maximum atomic E-state index is 10.8. The SMILES string of the molecule is CN1CCc2c(Br)sc(C=O)c2C1. The first-order valence-corrected chi connectivity index (χ1v) is 5.77. The van der Waals surface area contributed by atoms with Crippen LogP contribution in [0.4, 0.5) is 0 Å². The fourth-order valence-corrected chi connectivity index (χ4v) is 3.52. The number of thiophene rings is 1. The molecule has 0 saturated heterocycles.